The SMILES string of the molecule is CCCc1cc(Cl)ccc1C1COc2ccc3cc2N(C1)CC1CCC1C(OC)/C=C/CC(C)C(CC#N)C(=O)NS3. The van der Waals surface area contributed by atoms with Crippen LogP contribution in [0.1, 0.15) is 63.0 Å². The first-order valence-corrected chi connectivity index (χ1v) is 16.4. The molecule has 6 nitrogen and oxygen atoms in total. The van der Waals surface area contributed by atoms with Gasteiger partial charge in [0.15, 0.2) is 0 Å². The Morgan fingerprint density at radius 3 is 2.81 bits per heavy atom. The van der Waals surface area contributed by atoms with Crippen LogP contribution in [-0.2, 0) is 16.0 Å². The minimum Gasteiger partial charge on any atom is -0.491 e. The Morgan fingerprint density at radius 1 is 1.21 bits per heavy atom. The third-order valence-corrected chi connectivity index (χ3v) is 10.3. The predicted molar refractivity (Wildman–Crippen MR) is 170 cm³/mol. The van der Waals surface area contributed by atoms with Crippen molar-refractivity contribution >= 4 is 35.1 Å². The Hall–Kier alpha value is -2.66. The van der Waals surface area contributed by atoms with Crippen LogP contribution in [0.2, 0.25) is 5.02 Å². The molecule has 0 saturated heterocycles. The van der Waals surface area contributed by atoms with Crippen LogP contribution in [0.15, 0.2) is 53.4 Å². The van der Waals surface area contributed by atoms with Crippen molar-refractivity contribution in [1.82, 2.24) is 4.72 Å². The number of carbonyl (C=O) groups excluding carboxylic acids is 1. The fourth-order valence-electron chi connectivity index (χ4n) is 6.72. The fraction of sp³-hybridized carbons (Fsp3) is 0.529. The fourth-order valence-corrected chi connectivity index (χ4v) is 7.59. The third-order valence-electron chi connectivity index (χ3n) is 9.28. The van der Waals surface area contributed by atoms with Gasteiger partial charge in [0.25, 0.3) is 0 Å². The zero-order chi connectivity index (χ0) is 29.6. The number of fused-ring (bicyclic) bond motifs is 2. The Kier molecular flexibility index (Phi) is 10.4. The standard InChI is InChI=1S/C34H42ClN3O3S/c1-4-6-23-17-26(35)10-13-29(23)25-20-38-19-24-9-12-30(24)32(40-3)8-5-7-22(2)28(15-16-36)34(39)37-42-27-11-14-33(41-21-25)31(38)18-27/h5,8,10-11,13-14,17-18,22,24-25,28,30,32H,4,6-7,9,12,15,19-21H2,1-3H3,(H,37,39)/b8-5+. The molecule has 2 heterocycles. The zero-order valence-corrected chi connectivity index (χ0v) is 26.4. The first-order chi connectivity index (χ1) is 20.4. The van der Waals surface area contributed by atoms with Crippen LogP contribution in [0.4, 0.5) is 5.69 Å². The lowest BCUT2D eigenvalue weighted by molar-refractivity contribution is -0.124. The number of hydrogen-bond donors (Lipinski definition) is 1. The van der Waals surface area contributed by atoms with Crippen molar-refractivity contribution in [2.75, 3.05) is 31.7 Å². The summed E-state index contributed by atoms with van der Waals surface area (Å²) in [6.45, 7) is 6.60. The second kappa shape index (κ2) is 14.2. The lowest BCUT2D eigenvalue weighted by Gasteiger charge is -2.43. The second-order valence-corrected chi connectivity index (χ2v) is 13.3. The van der Waals surface area contributed by atoms with E-state index in [-0.39, 0.29) is 36.2 Å². The summed E-state index contributed by atoms with van der Waals surface area (Å²) in [4.78, 5) is 16.7. The summed E-state index contributed by atoms with van der Waals surface area (Å²) in [7, 11) is 1.79. The molecule has 2 aliphatic heterocycles. The van der Waals surface area contributed by atoms with Gasteiger partial charge in [-0.2, -0.15) is 5.26 Å². The van der Waals surface area contributed by atoms with Gasteiger partial charge in [-0.25, -0.2) is 0 Å². The molecule has 2 aromatic rings. The molecule has 42 heavy (non-hydrogen) atoms. The molecule has 1 saturated carbocycles. The van der Waals surface area contributed by atoms with E-state index in [0.29, 0.717) is 18.4 Å². The number of ether oxygens (including phenoxy) is 2. The Bertz CT molecular complexity index is 1330. The monoisotopic (exact) mass is 607 g/mol. The number of hydrogen-bond acceptors (Lipinski definition) is 6. The summed E-state index contributed by atoms with van der Waals surface area (Å²) in [6, 6.07) is 14.7. The van der Waals surface area contributed by atoms with Crippen LogP contribution in [-0.4, -0.2) is 38.8 Å². The summed E-state index contributed by atoms with van der Waals surface area (Å²) in [5.74, 6) is 1.56. The molecule has 3 aliphatic rings. The number of halogens is 1. The molecule has 0 radical (unpaired) electrons. The van der Waals surface area contributed by atoms with Crippen molar-refractivity contribution in [3.05, 3.63) is 64.7 Å². The maximum atomic E-state index is 13.2. The van der Waals surface area contributed by atoms with Crippen LogP contribution >= 0.6 is 23.5 Å². The Morgan fingerprint density at radius 2 is 2.07 bits per heavy atom. The molecule has 5 rings (SSSR count). The van der Waals surface area contributed by atoms with Crippen LogP contribution in [0.5, 0.6) is 5.75 Å². The minimum atomic E-state index is -0.379. The highest BCUT2D eigenvalue weighted by molar-refractivity contribution is 7.98. The predicted octanol–water partition coefficient (Wildman–Crippen LogP) is 7.57. The summed E-state index contributed by atoms with van der Waals surface area (Å²) in [5.41, 5.74) is 3.67. The zero-order valence-electron chi connectivity index (χ0n) is 24.9. The molecular weight excluding hydrogens is 566 g/mol. The highest BCUT2D eigenvalue weighted by Crippen LogP contribution is 2.44. The van der Waals surface area contributed by atoms with E-state index in [4.69, 9.17) is 21.1 Å². The van der Waals surface area contributed by atoms with E-state index in [0.717, 1.165) is 60.1 Å². The smallest absolute Gasteiger partial charge is 0.234 e. The average Bonchev–Trinajstić information content (AvgIpc) is 3.15. The van der Waals surface area contributed by atoms with E-state index >= 15 is 0 Å². The maximum Gasteiger partial charge on any atom is 0.234 e. The lowest BCUT2D eigenvalue weighted by atomic mass is 9.70. The quantitative estimate of drug-likeness (QED) is 0.279. The van der Waals surface area contributed by atoms with Gasteiger partial charge < -0.3 is 14.4 Å². The van der Waals surface area contributed by atoms with E-state index in [1.54, 1.807) is 7.11 Å². The van der Waals surface area contributed by atoms with Crippen molar-refractivity contribution in [2.24, 2.45) is 23.7 Å². The minimum absolute atomic E-state index is 0.0277. The third kappa shape index (κ3) is 6.93. The second-order valence-electron chi connectivity index (χ2n) is 12.0. The van der Waals surface area contributed by atoms with Gasteiger partial charge in [-0.3, -0.25) is 9.52 Å². The first kappa shape index (κ1) is 30.8. The number of aryl methyl sites for hydroxylation is 1. The number of allylic oxidation sites excluding steroid dienone is 1. The van der Waals surface area contributed by atoms with Gasteiger partial charge in [-0.1, -0.05) is 50.1 Å². The van der Waals surface area contributed by atoms with Crippen molar-refractivity contribution in [3.63, 3.8) is 0 Å². The average molecular weight is 608 g/mol. The summed E-state index contributed by atoms with van der Waals surface area (Å²) in [6.07, 6.45) is 9.63. The van der Waals surface area contributed by atoms with Gasteiger partial charge >= 0.3 is 0 Å². The molecule has 2 aromatic carbocycles. The van der Waals surface area contributed by atoms with E-state index in [2.05, 4.69) is 53.0 Å². The van der Waals surface area contributed by atoms with Gasteiger partial charge in [-0.15, -0.1) is 0 Å². The molecule has 0 spiro atoms. The van der Waals surface area contributed by atoms with Gasteiger partial charge in [0.1, 0.15) is 5.75 Å². The van der Waals surface area contributed by atoms with Crippen molar-refractivity contribution in [3.8, 4) is 11.8 Å². The Labute approximate surface area is 259 Å². The number of amides is 1. The van der Waals surface area contributed by atoms with Crippen LogP contribution in [0, 0.1) is 35.0 Å². The molecule has 1 amide bonds. The normalized spacial score (nSPS) is 28.7. The van der Waals surface area contributed by atoms with Gasteiger partial charge in [0.05, 0.1) is 30.4 Å². The number of rotatable bonds is 5. The van der Waals surface area contributed by atoms with Gasteiger partial charge in [0, 0.05) is 42.5 Å². The number of methoxy groups -OCH3 is 1. The number of nitrogens with one attached hydrogen (secondary N) is 1. The molecule has 1 fully saturated rings. The number of carbonyl (C=O) groups is 1. The molecule has 6 unspecified atom stereocenters. The number of anilines is 1. The first-order valence-electron chi connectivity index (χ1n) is 15.2. The Balaban J connectivity index is 1.50. The van der Waals surface area contributed by atoms with Crippen molar-refractivity contribution in [1.29, 1.82) is 5.26 Å². The summed E-state index contributed by atoms with van der Waals surface area (Å²) >= 11 is 7.74. The topological polar surface area (TPSA) is 74.6 Å². The maximum absolute atomic E-state index is 13.2. The van der Waals surface area contributed by atoms with Crippen molar-refractivity contribution < 1.29 is 14.3 Å². The highest BCUT2D eigenvalue weighted by atomic mass is 35.5. The molecule has 2 bridgehead atoms. The van der Waals surface area contributed by atoms with Crippen LogP contribution < -0.4 is 14.4 Å². The van der Waals surface area contributed by atoms with E-state index < -0.39 is 0 Å². The number of nitriles is 1. The summed E-state index contributed by atoms with van der Waals surface area (Å²) < 4.78 is 15.5. The number of nitrogens with zero attached hydrogens (tertiary/aromatic N) is 2. The van der Waals surface area contributed by atoms with E-state index in [1.165, 1.54) is 29.5 Å². The van der Waals surface area contributed by atoms with Gasteiger partial charge in [0.2, 0.25) is 5.91 Å². The molecule has 8 heteroatoms. The van der Waals surface area contributed by atoms with Crippen molar-refractivity contribution in [2.45, 2.75) is 69.3 Å². The van der Waals surface area contributed by atoms with Crippen LogP contribution in [0.25, 0.3) is 0 Å². The molecule has 1 N–H and O–H groups in total. The van der Waals surface area contributed by atoms with E-state index in [9.17, 15) is 10.1 Å². The molecule has 6 atom stereocenters. The van der Waals surface area contributed by atoms with Gasteiger partial charge in [-0.05, 0) is 96.8 Å². The largest absolute Gasteiger partial charge is 0.491 e. The van der Waals surface area contributed by atoms with E-state index in [1.807, 2.05) is 25.1 Å². The molecule has 224 valence electrons. The summed E-state index contributed by atoms with van der Waals surface area (Å²) in [5, 5.41) is 10.2. The van der Waals surface area contributed by atoms with Crippen LogP contribution in [0.3, 0.4) is 0 Å². The molecule has 0 aromatic heterocycles. The molecular formula is C34H42ClN3O3S. The highest BCUT2D eigenvalue weighted by Gasteiger charge is 2.39. The lowest BCUT2D eigenvalue weighted by Crippen LogP contribution is -2.44. The number of benzene rings is 2. The molecule has 1 aliphatic carbocycles.